The number of amides is 1. The van der Waals surface area contributed by atoms with Gasteiger partial charge in [0.2, 0.25) is 5.91 Å². The molecule has 1 aromatic carbocycles. The van der Waals surface area contributed by atoms with Crippen molar-refractivity contribution >= 4 is 5.91 Å². The van der Waals surface area contributed by atoms with Crippen molar-refractivity contribution in [1.82, 2.24) is 4.90 Å². The second-order valence-electron chi connectivity index (χ2n) is 4.57. The predicted molar refractivity (Wildman–Crippen MR) is 65.4 cm³/mol. The van der Waals surface area contributed by atoms with E-state index in [0.717, 1.165) is 18.5 Å². The van der Waals surface area contributed by atoms with Crippen molar-refractivity contribution in [3.63, 3.8) is 0 Å². The Balaban J connectivity index is 2.06. The Labute approximate surface area is 101 Å². The molecule has 3 N–H and O–H groups in total. The summed E-state index contributed by atoms with van der Waals surface area (Å²) < 4.78 is 0. The smallest absolute Gasteiger partial charge is 0.226 e. The molecule has 0 radical (unpaired) electrons. The molecule has 0 aliphatic carbocycles. The van der Waals surface area contributed by atoms with Crippen LogP contribution in [0.1, 0.15) is 17.9 Å². The first-order valence-corrected chi connectivity index (χ1v) is 5.91. The quantitative estimate of drug-likeness (QED) is 0.788. The van der Waals surface area contributed by atoms with Crippen LogP contribution in [0.3, 0.4) is 0 Å². The Hall–Kier alpha value is -1.39. The minimum Gasteiger partial charge on any atom is -0.392 e. The number of aliphatic hydroxyl groups is 1. The van der Waals surface area contributed by atoms with Crippen LogP contribution in [-0.4, -0.2) is 41.7 Å². The van der Waals surface area contributed by atoms with Crippen LogP contribution >= 0.6 is 0 Å². The van der Waals surface area contributed by atoms with Crippen LogP contribution in [0.4, 0.5) is 0 Å². The maximum absolute atomic E-state index is 11.5. The fourth-order valence-corrected chi connectivity index (χ4v) is 2.28. The van der Waals surface area contributed by atoms with Gasteiger partial charge in [-0.3, -0.25) is 9.69 Å². The van der Waals surface area contributed by atoms with Crippen LogP contribution in [0, 0.1) is 0 Å². The maximum Gasteiger partial charge on any atom is 0.226 e. The molecule has 2 rings (SSSR count). The van der Waals surface area contributed by atoms with Crippen molar-refractivity contribution < 1.29 is 9.90 Å². The van der Waals surface area contributed by atoms with E-state index < -0.39 is 0 Å². The van der Waals surface area contributed by atoms with Crippen LogP contribution in [0.25, 0.3) is 0 Å². The Bertz CT molecular complexity index is 380. The molecule has 0 bridgehead atoms. The second kappa shape index (κ2) is 5.29. The summed E-state index contributed by atoms with van der Waals surface area (Å²) in [6.45, 7) is 2.06. The summed E-state index contributed by atoms with van der Waals surface area (Å²) in [5.41, 5.74) is 6.40. The molecule has 92 valence electrons. The normalized spacial score (nSPS) is 22.5. The van der Waals surface area contributed by atoms with E-state index in [1.165, 1.54) is 0 Å². The highest BCUT2D eigenvalue weighted by molar-refractivity contribution is 5.82. The van der Waals surface area contributed by atoms with E-state index >= 15 is 0 Å². The summed E-state index contributed by atoms with van der Waals surface area (Å²) in [6.07, 6.45) is 0.514. The molecular formula is C13H18N2O2. The number of nitrogens with two attached hydrogens (primary N) is 1. The highest BCUT2D eigenvalue weighted by Crippen LogP contribution is 2.19. The number of hydrogen-bond acceptors (Lipinski definition) is 3. The van der Waals surface area contributed by atoms with Crippen LogP contribution in [0.5, 0.6) is 0 Å². The van der Waals surface area contributed by atoms with Gasteiger partial charge >= 0.3 is 0 Å². The van der Waals surface area contributed by atoms with Crippen LogP contribution in [-0.2, 0) is 4.79 Å². The molecule has 1 heterocycles. The van der Waals surface area contributed by atoms with Gasteiger partial charge in [-0.1, -0.05) is 30.3 Å². The molecular weight excluding hydrogens is 216 g/mol. The molecule has 4 heteroatoms. The number of benzene rings is 1. The zero-order chi connectivity index (χ0) is 12.3. The van der Waals surface area contributed by atoms with Gasteiger partial charge in [0.05, 0.1) is 12.0 Å². The van der Waals surface area contributed by atoms with Gasteiger partial charge in [0, 0.05) is 19.6 Å². The molecule has 0 saturated carbocycles. The fraction of sp³-hybridized carbons (Fsp3) is 0.462. The first-order chi connectivity index (χ1) is 8.16. The van der Waals surface area contributed by atoms with E-state index in [4.69, 9.17) is 5.73 Å². The van der Waals surface area contributed by atoms with Crippen molar-refractivity contribution in [2.24, 2.45) is 5.73 Å². The fourth-order valence-electron chi connectivity index (χ4n) is 2.28. The number of likely N-dealkylation sites (tertiary alicyclic amines) is 1. The second-order valence-corrected chi connectivity index (χ2v) is 4.57. The van der Waals surface area contributed by atoms with Gasteiger partial charge in [0.15, 0.2) is 0 Å². The molecule has 1 fully saturated rings. The van der Waals surface area contributed by atoms with Gasteiger partial charge in [0.1, 0.15) is 0 Å². The monoisotopic (exact) mass is 234 g/mol. The molecule has 1 aliphatic heterocycles. The summed E-state index contributed by atoms with van der Waals surface area (Å²) in [4.78, 5) is 13.6. The predicted octanol–water partition coefficient (Wildman–Crippen LogP) is 0.322. The van der Waals surface area contributed by atoms with Gasteiger partial charge < -0.3 is 10.8 Å². The van der Waals surface area contributed by atoms with E-state index in [2.05, 4.69) is 4.90 Å². The number of aliphatic hydroxyl groups excluding tert-OH is 1. The molecule has 1 saturated heterocycles. The third kappa shape index (κ3) is 3.05. The number of carbonyl (C=O) groups is 1. The molecule has 4 nitrogen and oxygen atoms in total. The lowest BCUT2D eigenvalue weighted by atomic mass is 9.98. The number of β-amino-alcohol motifs (C(OH)–C–C–N with tert-alkyl or cyclic N) is 1. The third-order valence-corrected chi connectivity index (χ3v) is 3.23. The largest absolute Gasteiger partial charge is 0.392 e. The average molecular weight is 234 g/mol. The first kappa shape index (κ1) is 12.1. The van der Waals surface area contributed by atoms with Gasteiger partial charge in [-0.2, -0.15) is 0 Å². The number of hydrogen-bond donors (Lipinski definition) is 2. The van der Waals surface area contributed by atoms with E-state index in [0.29, 0.717) is 13.1 Å². The van der Waals surface area contributed by atoms with Crippen molar-refractivity contribution in [1.29, 1.82) is 0 Å². The average Bonchev–Trinajstić information content (AvgIpc) is 2.73. The van der Waals surface area contributed by atoms with Crippen molar-refractivity contribution in [2.75, 3.05) is 19.6 Å². The SMILES string of the molecule is NC(=O)C(CN1CCC(O)C1)c1ccccc1. The Morgan fingerprint density at radius 3 is 2.71 bits per heavy atom. The highest BCUT2D eigenvalue weighted by atomic mass is 16.3. The van der Waals surface area contributed by atoms with Gasteiger partial charge in [-0.25, -0.2) is 0 Å². The van der Waals surface area contributed by atoms with Crippen molar-refractivity contribution in [2.45, 2.75) is 18.4 Å². The van der Waals surface area contributed by atoms with E-state index in [-0.39, 0.29) is 17.9 Å². The summed E-state index contributed by atoms with van der Waals surface area (Å²) in [5.74, 6) is -0.598. The molecule has 0 spiro atoms. The third-order valence-electron chi connectivity index (χ3n) is 3.23. The number of carbonyl (C=O) groups excluding carboxylic acids is 1. The van der Waals surface area contributed by atoms with Crippen LogP contribution < -0.4 is 5.73 Å². The van der Waals surface area contributed by atoms with E-state index in [1.807, 2.05) is 30.3 Å². The molecule has 0 aromatic heterocycles. The van der Waals surface area contributed by atoms with Crippen molar-refractivity contribution in [3.05, 3.63) is 35.9 Å². The molecule has 2 atom stereocenters. The molecule has 2 unspecified atom stereocenters. The lowest BCUT2D eigenvalue weighted by Crippen LogP contribution is -2.34. The molecule has 1 aromatic rings. The van der Waals surface area contributed by atoms with Gasteiger partial charge in [-0.15, -0.1) is 0 Å². The van der Waals surface area contributed by atoms with Crippen molar-refractivity contribution in [3.8, 4) is 0 Å². The highest BCUT2D eigenvalue weighted by Gasteiger charge is 2.26. The maximum atomic E-state index is 11.5. The van der Waals surface area contributed by atoms with Crippen LogP contribution in [0.15, 0.2) is 30.3 Å². The lowest BCUT2D eigenvalue weighted by molar-refractivity contribution is -0.119. The number of rotatable bonds is 4. The minimum atomic E-state index is -0.308. The lowest BCUT2D eigenvalue weighted by Gasteiger charge is -2.21. The number of primary amides is 1. The topological polar surface area (TPSA) is 66.6 Å². The zero-order valence-corrected chi connectivity index (χ0v) is 9.75. The van der Waals surface area contributed by atoms with E-state index in [9.17, 15) is 9.90 Å². The first-order valence-electron chi connectivity index (χ1n) is 5.91. The summed E-state index contributed by atoms with van der Waals surface area (Å²) in [6, 6.07) is 9.57. The molecule has 17 heavy (non-hydrogen) atoms. The summed E-state index contributed by atoms with van der Waals surface area (Å²) >= 11 is 0. The van der Waals surface area contributed by atoms with Gasteiger partial charge in [0.25, 0.3) is 0 Å². The van der Waals surface area contributed by atoms with Gasteiger partial charge in [-0.05, 0) is 12.0 Å². The summed E-state index contributed by atoms with van der Waals surface area (Å²) in [5, 5.41) is 9.46. The zero-order valence-electron chi connectivity index (χ0n) is 9.75. The molecule has 1 aliphatic rings. The molecule has 1 amide bonds. The Kier molecular flexibility index (Phi) is 3.76. The Morgan fingerprint density at radius 2 is 2.18 bits per heavy atom. The number of nitrogens with zero attached hydrogens (tertiary/aromatic N) is 1. The van der Waals surface area contributed by atoms with E-state index in [1.54, 1.807) is 0 Å². The van der Waals surface area contributed by atoms with Crippen LogP contribution in [0.2, 0.25) is 0 Å². The standard InChI is InChI=1S/C13H18N2O2/c14-13(17)12(10-4-2-1-3-5-10)9-15-7-6-11(16)8-15/h1-5,11-12,16H,6-9H2,(H2,14,17). The Morgan fingerprint density at radius 1 is 1.47 bits per heavy atom. The summed E-state index contributed by atoms with van der Waals surface area (Å²) in [7, 11) is 0. The minimum absolute atomic E-state index is 0.265.